The van der Waals surface area contributed by atoms with E-state index in [2.05, 4.69) is 44.3 Å². The van der Waals surface area contributed by atoms with Crippen molar-refractivity contribution < 1.29 is 14.1 Å². The van der Waals surface area contributed by atoms with Crippen molar-refractivity contribution in [2.24, 2.45) is 0 Å². The van der Waals surface area contributed by atoms with Crippen LogP contribution in [-0.2, 0) is 9.26 Å². The molecule has 118 valence electrons. The van der Waals surface area contributed by atoms with E-state index in [4.69, 9.17) is 9.26 Å². The second-order valence-corrected chi connectivity index (χ2v) is 11.4. The molecule has 0 radical (unpaired) electrons. The van der Waals surface area contributed by atoms with Crippen molar-refractivity contribution in [2.75, 3.05) is 6.61 Å². The summed E-state index contributed by atoms with van der Waals surface area (Å²) in [5.41, 5.74) is 2.72. The number of hydrogen-bond donors (Lipinski definition) is 1. The van der Waals surface area contributed by atoms with Crippen LogP contribution in [0, 0.1) is 0 Å². The molecule has 6 heteroatoms. The van der Waals surface area contributed by atoms with E-state index in [1.165, 1.54) is 0 Å². The third-order valence-electron chi connectivity index (χ3n) is 3.68. The Morgan fingerprint density at radius 2 is 2.05 bits per heavy atom. The molecule has 0 spiro atoms. The zero-order chi connectivity index (χ0) is 16.1. The second kappa shape index (κ2) is 7.15. The van der Waals surface area contributed by atoms with Crippen molar-refractivity contribution in [2.45, 2.75) is 51.9 Å². The molecule has 0 saturated heterocycles. The van der Waals surface area contributed by atoms with Crippen LogP contribution in [0.1, 0.15) is 38.2 Å². The van der Waals surface area contributed by atoms with Crippen molar-refractivity contribution in [3.63, 3.8) is 0 Å². The normalized spacial score (nSPS) is 13.8. The number of nitrogens with zero attached hydrogens (tertiary/aromatic N) is 1. The minimum absolute atomic E-state index is 0.0741. The van der Waals surface area contributed by atoms with Crippen LogP contribution in [0.2, 0.25) is 18.1 Å². The van der Waals surface area contributed by atoms with Gasteiger partial charge in [0.25, 0.3) is 5.91 Å². The lowest BCUT2D eigenvalue weighted by Gasteiger charge is -2.38. The standard InChI is InChI=1S/C15H26N2O3Si/c1-12(20-21(5,6)15(2,3)4)11-19-17-14(18)13-9-7-8-10-16-13/h7-10,12H,11H2,1-6H3,(H,17,18)/t12-/m0/s1. The summed E-state index contributed by atoms with van der Waals surface area (Å²) < 4.78 is 6.14. The first-order valence-electron chi connectivity index (χ1n) is 7.14. The molecule has 1 rings (SSSR count). The van der Waals surface area contributed by atoms with Crippen molar-refractivity contribution >= 4 is 14.2 Å². The summed E-state index contributed by atoms with van der Waals surface area (Å²) in [5, 5.41) is 0.151. The fraction of sp³-hybridized carbons (Fsp3) is 0.600. The van der Waals surface area contributed by atoms with Gasteiger partial charge in [0.15, 0.2) is 8.32 Å². The third-order valence-corrected chi connectivity index (χ3v) is 8.29. The van der Waals surface area contributed by atoms with Gasteiger partial charge in [0.1, 0.15) is 5.69 Å². The van der Waals surface area contributed by atoms with E-state index in [0.29, 0.717) is 12.3 Å². The summed E-state index contributed by atoms with van der Waals surface area (Å²) in [6.45, 7) is 13.2. The van der Waals surface area contributed by atoms with Crippen LogP contribution < -0.4 is 5.48 Å². The summed E-state index contributed by atoms with van der Waals surface area (Å²) in [5.74, 6) is -0.352. The van der Waals surface area contributed by atoms with Crippen molar-refractivity contribution in [1.82, 2.24) is 10.5 Å². The quantitative estimate of drug-likeness (QED) is 0.647. The van der Waals surface area contributed by atoms with Crippen LogP contribution in [0.5, 0.6) is 0 Å². The van der Waals surface area contributed by atoms with Gasteiger partial charge in [-0.2, -0.15) is 0 Å². The molecule has 0 fully saturated rings. The first-order valence-corrected chi connectivity index (χ1v) is 10.1. The Labute approximate surface area is 128 Å². The number of aromatic nitrogens is 1. The van der Waals surface area contributed by atoms with Crippen molar-refractivity contribution in [3.8, 4) is 0 Å². The molecule has 0 aliphatic carbocycles. The molecule has 0 aromatic carbocycles. The number of carbonyl (C=O) groups is 1. The lowest BCUT2D eigenvalue weighted by molar-refractivity contribution is -0.00371. The van der Waals surface area contributed by atoms with Crippen LogP contribution in [-0.4, -0.2) is 31.9 Å². The molecule has 5 nitrogen and oxygen atoms in total. The van der Waals surface area contributed by atoms with Gasteiger partial charge >= 0.3 is 0 Å². The monoisotopic (exact) mass is 310 g/mol. The molecule has 0 saturated carbocycles. The molecule has 0 aliphatic rings. The Balaban J connectivity index is 2.38. The number of hydroxylamine groups is 1. The summed E-state index contributed by atoms with van der Waals surface area (Å²) in [4.78, 5) is 20.9. The molecule has 1 aromatic rings. The fourth-order valence-electron chi connectivity index (χ4n) is 1.49. The van der Waals surface area contributed by atoms with Gasteiger partial charge in [0.2, 0.25) is 0 Å². The summed E-state index contributed by atoms with van der Waals surface area (Å²) >= 11 is 0. The Bertz CT molecular complexity index is 458. The third kappa shape index (κ3) is 5.57. The molecular formula is C15H26N2O3Si. The summed E-state index contributed by atoms with van der Waals surface area (Å²) in [6.07, 6.45) is 1.49. The molecule has 0 aliphatic heterocycles. The van der Waals surface area contributed by atoms with Gasteiger partial charge in [-0.1, -0.05) is 26.8 Å². The summed E-state index contributed by atoms with van der Waals surface area (Å²) in [7, 11) is -1.81. The zero-order valence-electron chi connectivity index (χ0n) is 13.8. The highest BCUT2D eigenvalue weighted by Crippen LogP contribution is 2.37. The number of carbonyl (C=O) groups excluding carboxylic acids is 1. The summed E-state index contributed by atoms with van der Waals surface area (Å²) in [6, 6.07) is 5.14. The molecule has 1 amide bonds. The SMILES string of the molecule is C[C@@H](CONC(=O)c1ccccn1)O[Si](C)(C)C(C)(C)C. The number of hydrogen-bond acceptors (Lipinski definition) is 4. The van der Waals surface area contributed by atoms with Gasteiger partial charge in [-0.3, -0.25) is 14.6 Å². The van der Waals surface area contributed by atoms with Crippen LogP contribution in [0.25, 0.3) is 0 Å². The number of amides is 1. The zero-order valence-corrected chi connectivity index (χ0v) is 14.8. The highest BCUT2D eigenvalue weighted by atomic mass is 28.4. The Morgan fingerprint density at radius 1 is 1.38 bits per heavy atom. The highest BCUT2D eigenvalue weighted by molar-refractivity contribution is 6.74. The van der Waals surface area contributed by atoms with Gasteiger partial charge < -0.3 is 4.43 Å². The first-order chi connectivity index (χ1) is 9.63. The Morgan fingerprint density at radius 3 is 2.57 bits per heavy atom. The minimum Gasteiger partial charge on any atom is -0.412 e. The van der Waals surface area contributed by atoms with E-state index in [9.17, 15) is 4.79 Å². The molecule has 0 bridgehead atoms. The van der Waals surface area contributed by atoms with Gasteiger partial charge in [-0.15, -0.1) is 0 Å². The average Bonchev–Trinajstić information content (AvgIpc) is 2.37. The number of nitrogens with one attached hydrogen (secondary N) is 1. The molecule has 1 aromatic heterocycles. The lowest BCUT2D eigenvalue weighted by atomic mass is 10.2. The van der Waals surface area contributed by atoms with Crippen LogP contribution in [0.4, 0.5) is 0 Å². The van der Waals surface area contributed by atoms with E-state index in [1.54, 1.807) is 24.4 Å². The van der Waals surface area contributed by atoms with Crippen LogP contribution in [0.15, 0.2) is 24.4 Å². The largest absolute Gasteiger partial charge is 0.412 e. The molecule has 1 N–H and O–H groups in total. The predicted octanol–water partition coefficient (Wildman–Crippen LogP) is 3.15. The van der Waals surface area contributed by atoms with E-state index < -0.39 is 8.32 Å². The Kier molecular flexibility index (Phi) is 6.06. The van der Waals surface area contributed by atoms with E-state index in [1.807, 2.05) is 6.92 Å². The first kappa shape index (κ1) is 17.8. The van der Waals surface area contributed by atoms with Gasteiger partial charge in [0.05, 0.1) is 12.7 Å². The van der Waals surface area contributed by atoms with Crippen LogP contribution >= 0.6 is 0 Å². The highest BCUT2D eigenvalue weighted by Gasteiger charge is 2.38. The fourth-order valence-corrected chi connectivity index (χ4v) is 2.92. The Hall–Kier alpha value is -1.24. The molecule has 1 heterocycles. The van der Waals surface area contributed by atoms with E-state index in [0.717, 1.165) is 0 Å². The maximum atomic E-state index is 11.7. The molecule has 21 heavy (non-hydrogen) atoms. The van der Waals surface area contributed by atoms with Crippen molar-refractivity contribution in [3.05, 3.63) is 30.1 Å². The second-order valence-electron chi connectivity index (χ2n) is 6.65. The lowest BCUT2D eigenvalue weighted by Crippen LogP contribution is -2.44. The number of pyridine rings is 1. The molecule has 1 atom stereocenters. The maximum Gasteiger partial charge on any atom is 0.293 e. The molecule has 0 unspecified atom stereocenters. The number of rotatable bonds is 6. The maximum absolute atomic E-state index is 11.7. The smallest absolute Gasteiger partial charge is 0.293 e. The van der Waals surface area contributed by atoms with E-state index >= 15 is 0 Å². The van der Waals surface area contributed by atoms with Crippen molar-refractivity contribution in [1.29, 1.82) is 0 Å². The van der Waals surface area contributed by atoms with Gasteiger partial charge in [-0.05, 0) is 37.2 Å². The van der Waals surface area contributed by atoms with E-state index in [-0.39, 0.29) is 17.0 Å². The van der Waals surface area contributed by atoms with Gasteiger partial charge in [-0.25, -0.2) is 5.48 Å². The van der Waals surface area contributed by atoms with Gasteiger partial charge in [0, 0.05) is 6.20 Å². The predicted molar refractivity (Wildman–Crippen MR) is 85.4 cm³/mol. The van der Waals surface area contributed by atoms with Crippen LogP contribution in [0.3, 0.4) is 0 Å². The average molecular weight is 310 g/mol. The minimum atomic E-state index is -1.81. The topological polar surface area (TPSA) is 60.5 Å². The molecular weight excluding hydrogens is 284 g/mol.